The van der Waals surface area contributed by atoms with Gasteiger partial charge in [-0.3, -0.25) is 4.79 Å². The normalized spacial score (nSPS) is 12.0. The minimum absolute atomic E-state index is 0.0407. The number of nitrogens with zero attached hydrogens (tertiary/aromatic N) is 4. The first kappa shape index (κ1) is 23.3. The van der Waals surface area contributed by atoms with Crippen molar-refractivity contribution in [1.29, 1.82) is 0 Å². The first-order valence-electron chi connectivity index (χ1n) is 10.1. The summed E-state index contributed by atoms with van der Waals surface area (Å²) < 4.78 is 71.0. The molecule has 0 aliphatic rings. The van der Waals surface area contributed by atoms with Crippen LogP contribution >= 0.6 is 0 Å². The Morgan fingerprint density at radius 1 is 1.18 bits per heavy atom. The molecule has 0 radical (unpaired) electrons. The summed E-state index contributed by atoms with van der Waals surface area (Å²) in [6.45, 7) is 5.67. The van der Waals surface area contributed by atoms with Gasteiger partial charge in [-0.25, -0.2) is 4.98 Å². The number of hydrogen-bond donors (Lipinski definition) is 0. The summed E-state index contributed by atoms with van der Waals surface area (Å²) in [4.78, 5) is 16.9. The van der Waals surface area contributed by atoms with Crippen LogP contribution in [-0.4, -0.2) is 25.4 Å². The second-order valence-corrected chi connectivity index (χ2v) is 7.47. The van der Waals surface area contributed by atoms with Crippen molar-refractivity contribution in [2.24, 2.45) is 0 Å². The van der Waals surface area contributed by atoms with Crippen LogP contribution in [0.5, 0.6) is 0 Å². The zero-order valence-corrected chi connectivity index (χ0v) is 17.7. The molecule has 0 aliphatic carbocycles. The molecule has 0 saturated carbocycles. The second-order valence-electron chi connectivity index (χ2n) is 7.47. The van der Waals surface area contributed by atoms with Crippen LogP contribution < -0.4 is 0 Å². The first-order valence-corrected chi connectivity index (χ1v) is 10.1. The lowest BCUT2D eigenvalue weighted by molar-refractivity contribution is -0.140. The van der Waals surface area contributed by atoms with Gasteiger partial charge in [0.25, 0.3) is 5.89 Å². The van der Waals surface area contributed by atoms with Gasteiger partial charge in [0.15, 0.2) is 11.5 Å². The number of aryl methyl sites for hydroxylation is 1. The Morgan fingerprint density at radius 3 is 2.59 bits per heavy atom. The van der Waals surface area contributed by atoms with E-state index in [2.05, 4.69) is 21.8 Å². The fourth-order valence-electron chi connectivity index (χ4n) is 3.52. The molecule has 0 bridgehead atoms. The van der Waals surface area contributed by atoms with Crippen LogP contribution in [-0.2, 0) is 19.0 Å². The van der Waals surface area contributed by atoms with Gasteiger partial charge in [-0.15, -0.1) is 10.2 Å². The molecular formula is C23H17F5N4O2. The number of carbonyl (C=O) groups excluding carboxylic acids is 1. The Bertz CT molecular complexity index is 1390. The van der Waals surface area contributed by atoms with Gasteiger partial charge in [0.1, 0.15) is 5.65 Å². The van der Waals surface area contributed by atoms with E-state index in [1.165, 1.54) is 16.7 Å². The first-order chi connectivity index (χ1) is 16.1. The molecule has 4 rings (SSSR count). The van der Waals surface area contributed by atoms with Crippen molar-refractivity contribution in [2.75, 3.05) is 0 Å². The summed E-state index contributed by atoms with van der Waals surface area (Å²) in [7, 11) is 0. The fraction of sp³-hybridized carbons (Fsp3) is 0.217. The molecule has 4 aromatic rings. The van der Waals surface area contributed by atoms with Gasteiger partial charge in [0.05, 0.1) is 0 Å². The van der Waals surface area contributed by atoms with E-state index >= 15 is 0 Å². The molecule has 11 heteroatoms. The highest BCUT2D eigenvalue weighted by molar-refractivity contribution is 6.10. The number of fused-ring (bicyclic) bond motifs is 1. The highest BCUT2D eigenvalue weighted by atomic mass is 19.4. The highest BCUT2D eigenvalue weighted by Gasteiger charge is 2.34. The average Bonchev–Trinajstić information content (AvgIpc) is 3.46. The van der Waals surface area contributed by atoms with Gasteiger partial charge in [0, 0.05) is 29.9 Å². The molecule has 176 valence electrons. The number of Topliss-reactive ketones (excluding diaryl/α,β-unsaturated/α-hetero) is 1. The number of benzene rings is 1. The Balaban J connectivity index is 1.65. The van der Waals surface area contributed by atoms with E-state index in [1.54, 1.807) is 24.3 Å². The van der Waals surface area contributed by atoms with Gasteiger partial charge in [-0.2, -0.15) is 22.0 Å². The third-order valence-electron chi connectivity index (χ3n) is 5.19. The molecule has 34 heavy (non-hydrogen) atoms. The van der Waals surface area contributed by atoms with Gasteiger partial charge < -0.3 is 8.82 Å². The molecule has 0 aliphatic heterocycles. The summed E-state index contributed by atoms with van der Waals surface area (Å²) in [5.74, 6) is -1.45. The number of allylic oxidation sites excluding steroid dienone is 1. The molecule has 3 heterocycles. The third kappa shape index (κ3) is 4.45. The summed E-state index contributed by atoms with van der Waals surface area (Å²) in [5.41, 5.74) is 0.742. The van der Waals surface area contributed by atoms with Gasteiger partial charge >= 0.3 is 12.6 Å². The lowest BCUT2D eigenvalue weighted by Crippen LogP contribution is -2.09. The van der Waals surface area contributed by atoms with E-state index in [-0.39, 0.29) is 34.7 Å². The van der Waals surface area contributed by atoms with Crippen LogP contribution in [0.4, 0.5) is 22.0 Å². The zero-order valence-electron chi connectivity index (χ0n) is 17.7. The van der Waals surface area contributed by atoms with Crippen molar-refractivity contribution in [3.8, 4) is 11.5 Å². The van der Waals surface area contributed by atoms with Crippen LogP contribution in [0.25, 0.3) is 17.1 Å². The van der Waals surface area contributed by atoms with E-state index in [9.17, 15) is 26.7 Å². The van der Waals surface area contributed by atoms with E-state index in [0.717, 1.165) is 6.20 Å². The van der Waals surface area contributed by atoms with Crippen molar-refractivity contribution in [3.05, 3.63) is 83.2 Å². The third-order valence-corrected chi connectivity index (χ3v) is 5.19. The average molecular weight is 476 g/mol. The second kappa shape index (κ2) is 8.81. The molecule has 0 fully saturated rings. The van der Waals surface area contributed by atoms with Crippen LogP contribution in [0.2, 0.25) is 0 Å². The van der Waals surface area contributed by atoms with Crippen molar-refractivity contribution < 1.29 is 31.2 Å². The molecule has 0 atom stereocenters. The number of pyridine rings is 1. The van der Waals surface area contributed by atoms with Crippen LogP contribution in [0.15, 0.2) is 59.3 Å². The molecule has 0 saturated heterocycles. The molecule has 0 unspecified atom stereocenters. The standard InChI is InChI=1S/C23H17F5N4O2/c1-3-13-6-7-15(21-30-31-22(34-21)19(24)25)10-16(13)18(33)12(2)9-14-5-4-8-32-11-17(23(26,27)28)29-20(14)32/h4-8,10-11,19H,2-3,9H2,1H3. The predicted octanol–water partition coefficient (Wildman–Crippen LogP) is 5.88. The molecular weight excluding hydrogens is 459 g/mol. The topological polar surface area (TPSA) is 73.3 Å². The Hall–Kier alpha value is -3.89. The van der Waals surface area contributed by atoms with E-state index in [1.807, 2.05) is 6.92 Å². The number of imidazole rings is 1. The maximum atomic E-state index is 13.2. The summed E-state index contributed by atoms with van der Waals surface area (Å²) in [6, 6.07) is 7.80. The number of alkyl halides is 5. The quantitative estimate of drug-likeness (QED) is 0.189. The van der Waals surface area contributed by atoms with Crippen molar-refractivity contribution in [3.63, 3.8) is 0 Å². The number of halogens is 5. The van der Waals surface area contributed by atoms with Gasteiger partial charge in [-0.05, 0) is 41.3 Å². The number of ketones is 1. The van der Waals surface area contributed by atoms with E-state index < -0.39 is 30.0 Å². The van der Waals surface area contributed by atoms with E-state index in [4.69, 9.17) is 4.42 Å². The molecule has 3 aromatic heterocycles. The summed E-state index contributed by atoms with van der Waals surface area (Å²) in [6.07, 6.45) is -4.78. The Morgan fingerprint density at radius 2 is 1.94 bits per heavy atom. The predicted molar refractivity (Wildman–Crippen MR) is 111 cm³/mol. The maximum Gasteiger partial charge on any atom is 0.434 e. The summed E-state index contributed by atoms with van der Waals surface area (Å²) in [5, 5.41) is 6.89. The minimum Gasteiger partial charge on any atom is -0.415 e. The van der Waals surface area contributed by atoms with Crippen molar-refractivity contribution in [1.82, 2.24) is 19.6 Å². The fourth-order valence-corrected chi connectivity index (χ4v) is 3.52. The number of aromatic nitrogens is 4. The lowest BCUT2D eigenvalue weighted by Gasteiger charge is -2.11. The maximum absolute atomic E-state index is 13.2. The zero-order chi connectivity index (χ0) is 24.6. The molecule has 1 aromatic carbocycles. The molecule has 6 nitrogen and oxygen atoms in total. The summed E-state index contributed by atoms with van der Waals surface area (Å²) >= 11 is 0. The lowest BCUT2D eigenvalue weighted by atomic mass is 9.93. The number of carbonyl (C=O) groups is 1. The largest absolute Gasteiger partial charge is 0.434 e. The molecule has 0 amide bonds. The smallest absolute Gasteiger partial charge is 0.415 e. The Kier molecular flexibility index (Phi) is 6.03. The molecule has 0 spiro atoms. The van der Waals surface area contributed by atoms with E-state index in [0.29, 0.717) is 17.5 Å². The number of hydrogen-bond acceptors (Lipinski definition) is 5. The molecule has 0 N–H and O–H groups in total. The Labute approximate surface area is 189 Å². The van der Waals surface area contributed by atoms with Crippen LogP contribution in [0.1, 0.15) is 46.4 Å². The van der Waals surface area contributed by atoms with Crippen LogP contribution in [0.3, 0.4) is 0 Å². The van der Waals surface area contributed by atoms with Crippen LogP contribution in [0, 0.1) is 0 Å². The van der Waals surface area contributed by atoms with Crippen molar-refractivity contribution in [2.45, 2.75) is 32.4 Å². The number of rotatable bonds is 7. The minimum atomic E-state index is -4.61. The SMILES string of the molecule is C=C(Cc1cccn2cc(C(F)(F)F)nc12)C(=O)c1cc(-c2nnc(C(F)F)o2)ccc1CC. The van der Waals surface area contributed by atoms with Gasteiger partial charge in [-0.1, -0.05) is 25.6 Å². The van der Waals surface area contributed by atoms with Gasteiger partial charge in [0.2, 0.25) is 5.89 Å². The highest BCUT2D eigenvalue weighted by Crippen LogP contribution is 2.30. The van der Waals surface area contributed by atoms with Crippen molar-refractivity contribution >= 4 is 11.4 Å². The monoisotopic (exact) mass is 476 g/mol.